The predicted octanol–water partition coefficient (Wildman–Crippen LogP) is 5.74. The number of nitrogens with zero attached hydrogens (tertiary/aromatic N) is 1. The Balaban J connectivity index is 1.48. The van der Waals surface area contributed by atoms with Gasteiger partial charge in [0.25, 0.3) is 0 Å². The molecule has 3 nitrogen and oxygen atoms in total. The first-order chi connectivity index (χ1) is 14.1. The zero-order chi connectivity index (χ0) is 20.2. The normalized spacial score (nSPS) is 13.3. The molecular weight excluding hydrogens is 400 g/mol. The van der Waals surface area contributed by atoms with Crippen molar-refractivity contribution in [3.8, 4) is 0 Å². The minimum absolute atomic E-state index is 0.0473. The van der Waals surface area contributed by atoms with Gasteiger partial charge in [0.05, 0.1) is 11.3 Å². The van der Waals surface area contributed by atoms with E-state index < -0.39 is 0 Å². The van der Waals surface area contributed by atoms with Crippen molar-refractivity contribution in [2.75, 3.05) is 5.75 Å². The molecule has 5 heteroatoms. The van der Waals surface area contributed by atoms with Gasteiger partial charge in [0, 0.05) is 27.5 Å². The molecule has 0 unspecified atom stereocenters. The molecule has 1 aromatic heterocycles. The molecule has 150 valence electrons. The molecule has 0 saturated heterocycles. The lowest BCUT2D eigenvalue weighted by molar-refractivity contribution is -0.118. The van der Waals surface area contributed by atoms with E-state index in [0.717, 1.165) is 35.7 Å². The van der Waals surface area contributed by atoms with Gasteiger partial charge >= 0.3 is 0 Å². The summed E-state index contributed by atoms with van der Waals surface area (Å²) in [5.41, 5.74) is 5.89. The molecule has 2 aromatic carbocycles. The summed E-state index contributed by atoms with van der Waals surface area (Å²) in [6.07, 6.45) is 5.42. The summed E-state index contributed by atoms with van der Waals surface area (Å²) < 4.78 is 0. The molecule has 0 fully saturated rings. The molecule has 0 atom stereocenters. The Morgan fingerprint density at radius 3 is 2.66 bits per heavy atom. The lowest BCUT2D eigenvalue weighted by Gasteiger charge is -2.20. The number of thioether (sulfide) groups is 1. The maximum absolute atomic E-state index is 12.5. The Hall–Kier alpha value is -2.04. The third kappa shape index (κ3) is 4.76. The summed E-state index contributed by atoms with van der Waals surface area (Å²) in [7, 11) is 0. The summed E-state index contributed by atoms with van der Waals surface area (Å²) >= 11 is 7.87. The van der Waals surface area contributed by atoms with Crippen LogP contribution in [0.5, 0.6) is 0 Å². The van der Waals surface area contributed by atoms with Gasteiger partial charge in [-0.05, 0) is 67.0 Å². The summed E-state index contributed by atoms with van der Waals surface area (Å²) in [5.74, 6) is 0.441. The first kappa shape index (κ1) is 20.2. The van der Waals surface area contributed by atoms with Crippen molar-refractivity contribution < 1.29 is 4.79 Å². The van der Waals surface area contributed by atoms with E-state index in [9.17, 15) is 4.79 Å². The standard InChI is InChI=1S/C24H25ClN2OS/c1-2-16-7-9-17(10-8-16)14-26-23(28)15-29-24-19-5-3-4-6-21(19)27-22-12-11-18(25)13-20(22)24/h7-13H,2-6,14-15H2,1H3,(H,26,28). The van der Waals surface area contributed by atoms with Crippen LogP contribution >= 0.6 is 23.4 Å². The number of amides is 1. The quantitative estimate of drug-likeness (QED) is 0.513. The number of hydrogen-bond donors (Lipinski definition) is 1. The van der Waals surface area contributed by atoms with Crippen LogP contribution in [-0.4, -0.2) is 16.6 Å². The molecule has 0 spiro atoms. The highest BCUT2D eigenvalue weighted by Gasteiger charge is 2.19. The van der Waals surface area contributed by atoms with Crippen LogP contribution in [0.4, 0.5) is 0 Å². The van der Waals surface area contributed by atoms with E-state index in [4.69, 9.17) is 16.6 Å². The zero-order valence-electron chi connectivity index (χ0n) is 16.6. The summed E-state index contributed by atoms with van der Waals surface area (Å²) in [4.78, 5) is 18.5. The van der Waals surface area contributed by atoms with Crippen LogP contribution in [0.25, 0.3) is 10.9 Å². The summed E-state index contributed by atoms with van der Waals surface area (Å²) in [6.45, 7) is 2.70. The van der Waals surface area contributed by atoms with Crippen LogP contribution in [0.3, 0.4) is 0 Å². The van der Waals surface area contributed by atoms with Gasteiger partial charge in [0.2, 0.25) is 5.91 Å². The van der Waals surface area contributed by atoms with Crippen LogP contribution in [-0.2, 0) is 30.6 Å². The Morgan fingerprint density at radius 1 is 1.10 bits per heavy atom. The highest BCUT2D eigenvalue weighted by Crippen LogP contribution is 2.37. The summed E-state index contributed by atoms with van der Waals surface area (Å²) in [6, 6.07) is 14.3. The first-order valence-corrected chi connectivity index (χ1v) is 11.6. The number of carbonyl (C=O) groups is 1. The van der Waals surface area contributed by atoms with Gasteiger partial charge < -0.3 is 5.32 Å². The fraction of sp³-hybridized carbons (Fsp3) is 0.333. The zero-order valence-corrected chi connectivity index (χ0v) is 18.2. The second-order valence-corrected chi connectivity index (χ2v) is 8.89. The summed E-state index contributed by atoms with van der Waals surface area (Å²) in [5, 5.41) is 4.81. The number of nitrogens with one attached hydrogen (secondary N) is 1. The molecule has 1 amide bonds. The van der Waals surface area contributed by atoms with Crippen LogP contribution in [0.2, 0.25) is 5.02 Å². The SMILES string of the molecule is CCc1ccc(CNC(=O)CSc2c3c(nc4ccc(Cl)cc24)CCCC3)cc1. The van der Waals surface area contributed by atoms with Crippen LogP contribution in [0, 0.1) is 0 Å². The monoisotopic (exact) mass is 424 g/mol. The van der Waals surface area contributed by atoms with Crippen molar-refractivity contribution >= 4 is 40.2 Å². The van der Waals surface area contributed by atoms with Gasteiger partial charge in [0.1, 0.15) is 0 Å². The third-order valence-electron chi connectivity index (χ3n) is 5.44. The number of pyridine rings is 1. The van der Waals surface area contributed by atoms with Crippen molar-refractivity contribution in [2.24, 2.45) is 0 Å². The lowest BCUT2D eigenvalue weighted by atomic mass is 9.94. The Kier molecular flexibility index (Phi) is 6.41. The lowest BCUT2D eigenvalue weighted by Crippen LogP contribution is -2.24. The molecule has 0 bridgehead atoms. The highest BCUT2D eigenvalue weighted by molar-refractivity contribution is 8.00. The first-order valence-electron chi connectivity index (χ1n) is 10.2. The second-order valence-electron chi connectivity index (χ2n) is 7.47. The molecular formula is C24H25ClN2OS. The number of aryl methyl sites for hydroxylation is 2. The molecule has 1 aliphatic carbocycles. The fourth-order valence-corrected chi connectivity index (χ4v) is 5.06. The minimum atomic E-state index is 0.0473. The van der Waals surface area contributed by atoms with Crippen molar-refractivity contribution in [1.82, 2.24) is 10.3 Å². The molecule has 0 aliphatic heterocycles. The molecule has 1 N–H and O–H groups in total. The van der Waals surface area contributed by atoms with E-state index in [1.165, 1.54) is 34.6 Å². The van der Waals surface area contributed by atoms with Crippen LogP contribution in [0.15, 0.2) is 47.4 Å². The average molecular weight is 425 g/mol. The molecule has 0 radical (unpaired) electrons. The Morgan fingerprint density at radius 2 is 1.86 bits per heavy atom. The van der Waals surface area contributed by atoms with E-state index in [2.05, 4.69) is 36.5 Å². The van der Waals surface area contributed by atoms with Gasteiger partial charge in [0.15, 0.2) is 0 Å². The molecule has 0 saturated carbocycles. The average Bonchev–Trinajstić information content (AvgIpc) is 2.75. The van der Waals surface area contributed by atoms with Crippen molar-refractivity contribution in [2.45, 2.75) is 50.5 Å². The Labute approximate surface area is 181 Å². The van der Waals surface area contributed by atoms with E-state index >= 15 is 0 Å². The fourth-order valence-electron chi connectivity index (χ4n) is 3.80. The number of fused-ring (bicyclic) bond motifs is 2. The Bertz CT molecular complexity index is 1030. The number of halogens is 1. The number of benzene rings is 2. The van der Waals surface area contributed by atoms with Crippen molar-refractivity contribution in [3.05, 3.63) is 69.9 Å². The van der Waals surface area contributed by atoms with E-state index in [0.29, 0.717) is 17.3 Å². The van der Waals surface area contributed by atoms with E-state index in [-0.39, 0.29) is 5.91 Å². The predicted molar refractivity (Wildman–Crippen MR) is 122 cm³/mol. The molecule has 4 rings (SSSR count). The molecule has 29 heavy (non-hydrogen) atoms. The largest absolute Gasteiger partial charge is 0.351 e. The van der Waals surface area contributed by atoms with Crippen molar-refractivity contribution in [3.63, 3.8) is 0 Å². The van der Waals surface area contributed by atoms with Gasteiger partial charge in [-0.3, -0.25) is 9.78 Å². The number of carbonyl (C=O) groups excluding carboxylic acids is 1. The molecule has 1 aliphatic rings. The van der Waals surface area contributed by atoms with E-state index in [1.54, 1.807) is 11.8 Å². The smallest absolute Gasteiger partial charge is 0.230 e. The van der Waals surface area contributed by atoms with E-state index in [1.807, 2.05) is 18.2 Å². The second kappa shape index (κ2) is 9.19. The number of rotatable bonds is 6. The molecule has 3 aromatic rings. The maximum atomic E-state index is 12.5. The van der Waals surface area contributed by atoms with Gasteiger partial charge in [-0.25, -0.2) is 0 Å². The number of aromatic nitrogens is 1. The van der Waals surface area contributed by atoms with Crippen LogP contribution < -0.4 is 5.32 Å². The van der Waals surface area contributed by atoms with Gasteiger partial charge in [-0.2, -0.15) is 0 Å². The van der Waals surface area contributed by atoms with Crippen molar-refractivity contribution in [1.29, 1.82) is 0 Å². The van der Waals surface area contributed by atoms with Crippen LogP contribution in [0.1, 0.15) is 42.1 Å². The van der Waals surface area contributed by atoms with Gasteiger partial charge in [-0.15, -0.1) is 11.8 Å². The molecule has 1 heterocycles. The number of hydrogen-bond acceptors (Lipinski definition) is 3. The third-order valence-corrected chi connectivity index (χ3v) is 6.84. The maximum Gasteiger partial charge on any atom is 0.230 e. The highest BCUT2D eigenvalue weighted by atomic mass is 35.5. The van der Waals surface area contributed by atoms with Gasteiger partial charge in [-0.1, -0.05) is 42.8 Å². The minimum Gasteiger partial charge on any atom is -0.351 e. The topological polar surface area (TPSA) is 42.0 Å².